The third-order valence-corrected chi connectivity index (χ3v) is 3.20. The van der Waals surface area contributed by atoms with E-state index in [1.165, 1.54) is 5.56 Å². The van der Waals surface area contributed by atoms with Crippen molar-refractivity contribution < 1.29 is 0 Å². The van der Waals surface area contributed by atoms with E-state index in [1.54, 1.807) is 4.68 Å². The van der Waals surface area contributed by atoms with Crippen LogP contribution in [0.1, 0.15) is 11.3 Å². The smallest absolute Gasteiger partial charge is 0.173 e. The van der Waals surface area contributed by atoms with E-state index in [9.17, 15) is 0 Å². The van der Waals surface area contributed by atoms with Crippen LogP contribution in [0.15, 0.2) is 36.5 Å². The molecule has 0 bridgehead atoms. The number of hydrogen-bond donors (Lipinski definition) is 1. The van der Waals surface area contributed by atoms with Crippen LogP contribution in [0.2, 0.25) is 0 Å². The van der Waals surface area contributed by atoms with Crippen molar-refractivity contribution >= 4 is 23.0 Å². The fraction of sp³-hybridized carbons (Fsp3) is 0.286. The third kappa shape index (κ3) is 3.79. The van der Waals surface area contributed by atoms with Crippen molar-refractivity contribution in [3.05, 3.63) is 47.8 Å². The highest BCUT2D eigenvalue weighted by atomic mass is 32.1. The molecule has 0 radical (unpaired) electrons. The molecule has 0 aliphatic rings. The molecule has 0 saturated carbocycles. The van der Waals surface area contributed by atoms with Gasteiger partial charge in [0.15, 0.2) is 5.11 Å². The first-order valence-corrected chi connectivity index (χ1v) is 6.53. The summed E-state index contributed by atoms with van der Waals surface area (Å²) in [4.78, 5) is 1.97. The SMILES string of the molecule is Cc1cccc(NC(=S)N(C)Cc2ccn(C)n2)c1. The normalized spacial score (nSPS) is 10.3. The van der Waals surface area contributed by atoms with Gasteiger partial charge in [-0.1, -0.05) is 12.1 Å². The summed E-state index contributed by atoms with van der Waals surface area (Å²) in [5, 5.41) is 8.27. The second kappa shape index (κ2) is 5.84. The van der Waals surface area contributed by atoms with Crippen LogP contribution >= 0.6 is 12.2 Å². The summed E-state index contributed by atoms with van der Waals surface area (Å²) < 4.78 is 1.79. The van der Waals surface area contributed by atoms with E-state index in [0.29, 0.717) is 11.7 Å². The van der Waals surface area contributed by atoms with Gasteiger partial charge in [-0.3, -0.25) is 4.68 Å². The summed E-state index contributed by atoms with van der Waals surface area (Å²) in [5.74, 6) is 0. The lowest BCUT2D eigenvalue weighted by Crippen LogP contribution is -2.30. The maximum Gasteiger partial charge on any atom is 0.173 e. The summed E-state index contributed by atoms with van der Waals surface area (Å²) in [7, 11) is 3.87. The number of aromatic nitrogens is 2. The minimum absolute atomic E-state index is 0.691. The number of nitrogens with zero attached hydrogens (tertiary/aromatic N) is 3. The molecule has 0 fully saturated rings. The lowest BCUT2D eigenvalue weighted by molar-refractivity contribution is 0.495. The van der Waals surface area contributed by atoms with Crippen LogP contribution in [0, 0.1) is 6.92 Å². The van der Waals surface area contributed by atoms with Gasteiger partial charge >= 0.3 is 0 Å². The predicted molar refractivity (Wildman–Crippen MR) is 82.1 cm³/mol. The molecule has 2 aromatic rings. The van der Waals surface area contributed by atoms with Gasteiger partial charge in [-0.05, 0) is 42.9 Å². The first-order chi connectivity index (χ1) is 9.04. The Hall–Kier alpha value is -1.88. The number of anilines is 1. The molecule has 0 saturated heterocycles. The molecule has 1 N–H and O–H groups in total. The van der Waals surface area contributed by atoms with E-state index < -0.39 is 0 Å². The first kappa shape index (κ1) is 13.5. The number of benzene rings is 1. The molecule has 1 aromatic heterocycles. The molecule has 0 unspecified atom stereocenters. The average molecular weight is 274 g/mol. The Kier molecular flexibility index (Phi) is 4.16. The van der Waals surface area contributed by atoms with Gasteiger partial charge < -0.3 is 10.2 Å². The van der Waals surface area contributed by atoms with Crippen LogP contribution in [0.25, 0.3) is 0 Å². The maximum atomic E-state index is 5.39. The Morgan fingerprint density at radius 2 is 2.21 bits per heavy atom. The quantitative estimate of drug-likeness (QED) is 0.872. The van der Waals surface area contributed by atoms with Gasteiger partial charge in [-0.15, -0.1) is 0 Å². The monoisotopic (exact) mass is 274 g/mol. The summed E-state index contributed by atoms with van der Waals surface area (Å²) in [5.41, 5.74) is 3.22. The van der Waals surface area contributed by atoms with Crippen molar-refractivity contribution in [3.63, 3.8) is 0 Å². The molecule has 19 heavy (non-hydrogen) atoms. The van der Waals surface area contributed by atoms with Gasteiger partial charge in [0, 0.05) is 26.0 Å². The summed E-state index contributed by atoms with van der Waals surface area (Å²) >= 11 is 5.39. The molecule has 0 spiro atoms. The van der Waals surface area contributed by atoms with E-state index in [2.05, 4.69) is 29.5 Å². The van der Waals surface area contributed by atoms with Crippen molar-refractivity contribution in [2.24, 2.45) is 7.05 Å². The molecule has 5 heteroatoms. The molecular weight excluding hydrogens is 256 g/mol. The highest BCUT2D eigenvalue weighted by Crippen LogP contribution is 2.11. The first-order valence-electron chi connectivity index (χ1n) is 6.12. The minimum Gasteiger partial charge on any atom is -0.346 e. The second-order valence-electron chi connectivity index (χ2n) is 4.64. The molecule has 0 aliphatic heterocycles. The summed E-state index contributed by atoms with van der Waals surface area (Å²) in [6.07, 6.45) is 1.93. The minimum atomic E-state index is 0.691. The largest absolute Gasteiger partial charge is 0.346 e. The number of rotatable bonds is 3. The van der Waals surface area contributed by atoms with E-state index in [1.807, 2.05) is 43.4 Å². The van der Waals surface area contributed by atoms with E-state index >= 15 is 0 Å². The van der Waals surface area contributed by atoms with Crippen LogP contribution in [0.3, 0.4) is 0 Å². The zero-order valence-electron chi connectivity index (χ0n) is 11.4. The Morgan fingerprint density at radius 3 is 2.84 bits per heavy atom. The fourth-order valence-corrected chi connectivity index (χ4v) is 1.99. The summed E-state index contributed by atoms with van der Waals surface area (Å²) in [6, 6.07) is 10.1. The highest BCUT2D eigenvalue weighted by molar-refractivity contribution is 7.80. The van der Waals surface area contributed by atoms with Crippen molar-refractivity contribution in [2.75, 3.05) is 12.4 Å². The van der Waals surface area contributed by atoms with Crippen LogP contribution in [-0.2, 0) is 13.6 Å². The molecular formula is C14H18N4S. The van der Waals surface area contributed by atoms with Gasteiger partial charge in [0.05, 0.1) is 12.2 Å². The van der Waals surface area contributed by atoms with Gasteiger partial charge in [0.2, 0.25) is 0 Å². The van der Waals surface area contributed by atoms with Crippen LogP contribution in [0.5, 0.6) is 0 Å². The zero-order chi connectivity index (χ0) is 13.8. The Balaban J connectivity index is 1.96. The molecule has 0 amide bonds. The zero-order valence-corrected chi connectivity index (χ0v) is 12.2. The van der Waals surface area contributed by atoms with E-state index in [-0.39, 0.29) is 0 Å². The van der Waals surface area contributed by atoms with Crippen molar-refractivity contribution in [3.8, 4) is 0 Å². The second-order valence-corrected chi connectivity index (χ2v) is 5.02. The Morgan fingerprint density at radius 1 is 1.42 bits per heavy atom. The van der Waals surface area contributed by atoms with Crippen LogP contribution in [0.4, 0.5) is 5.69 Å². The van der Waals surface area contributed by atoms with Gasteiger partial charge in [0.1, 0.15) is 0 Å². The summed E-state index contributed by atoms with van der Waals surface area (Å²) in [6.45, 7) is 2.75. The maximum absolute atomic E-state index is 5.39. The number of hydrogen-bond acceptors (Lipinski definition) is 2. The fourth-order valence-electron chi connectivity index (χ4n) is 1.80. The van der Waals surface area contributed by atoms with E-state index in [0.717, 1.165) is 11.4 Å². The van der Waals surface area contributed by atoms with Crippen molar-refractivity contribution in [1.29, 1.82) is 0 Å². The molecule has 100 valence electrons. The van der Waals surface area contributed by atoms with E-state index in [4.69, 9.17) is 12.2 Å². The third-order valence-electron chi connectivity index (χ3n) is 2.78. The van der Waals surface area contributed by atoms with Crippen LogP contribution in [-0.4, -0.2) is 26.8 Å². The predicted octanol–water partition coefficient (Wildman–Crippen LogP) is 2.56. The molecule has 4 nitrogen and oxygen atoms in total. The van der Waals surface area contributed by atoms with Gasteiger partial charge in [0.25, 0.3) is 0 Å². The van der Waals surface area contributed by atoms with Crippen LogP contribution < -0.4 is 5.32 Å². The lowest BCUT2D eigenvalue weighted by atomic mass is 10.2. The van der Waals surface area contributed by atoms with Gasteiger partial charge in [-0.25, -0.2) is 0 Å². The molecule has 0 aliphatic carbocycles. The molecule has 1 heterocycles. The number of nitrogens with one attached hydrogen (secondary N) is 1. The lowest BCUT2D eigenvalue weighted by Gasteiger charge is -2.20. The average Bonchev–Trinajstić information content (AvgIpc) is 2.74. The number of thiocarbonyl (C=S) groups is 1. The van der Waals surface area contributed by atoms with Crippen molar-refractivity contribution in [1.82, 2.24) is 14.7 Å². The van der Waals surface area contributed by atoms with Crippen molar-refractivity contribution in [2.45, 2.75) is 13.5 Å². The Bertz CT molecular complexity index is 576. The molecule has 2 rings (SSSR count). The van der Waals surface area contributed by atoms with Gasteiger partial charge in [-0.2, -0.15) is 5.10 Å². The standard InChI is InChI=1S/C14H18N4S/c1-11-5-4-6-12(9-11)15-14(19)17(2)10-13-7-8-18(3)16-13/h4-9H,10H2,1-3H3,(H,15,19). The molecule has 1 aromatic carbocycles. The Labute approximate surface area is 119 Å². The molecule has 0 atom stereocenters. The topological polar surface area (TPSA) is 33.1 Å². The number of aryl methyl sites for hydroxylation is 2. The highest BCUT2D eigenvalue weighted by Gasteiger charge is 2.07.